The summed E-state index contributed by atoms with van der Waals surface area (Å²) in [7, 11) is 0. The molecule has 0 spiro atoms. The number of hydrogen-bond acceptors (Lipinski definition) is 6. The second-order valence-corrected chi connectivity index (χ2v) is 5.25. The highest BCUT2D eigenvalue weighted by Crippen LogP contribution is 2.28. The van der Waals surface area contributed by atoms with Gasteiger partial charge in [0.15, 0.2) is 0 Å². The van der Waals surface area contributed by atoms with Crippen molar-refractivity contribution in [1.82, 2.24) is 0 Å². The average Bonchev–Trinajstić information content (AvgIpc) is 2.53. The molecule has 3 aromatic rings. The van der Waals surface area contributed by atoms with Crippen molar-refractivity contribution < 1.29 is 19.4 Å². The average molecular weight is 264 g/mol. The maximum absolute atomic E-state index is 11.8. The largest absolute Gasteiger partial charge is 0.386 e. The molecule has 100 valence electrons. The topological polar surface area (TPSA) is 93.8 Å². The first kappa shape index (κ1) is 13.2. The van der Waals surface area contributed by atoms with Gasteiger partial charge in [0, 0.05) is 0 Å². The summed E-state index contributed by atoms with van der Waals surface area (Å²) in [6.07, 6.45) is 0. The maximum atomic E-state index is 11.8. The van der Waals surface area contributed by atoms with E-state index in [1.807, 2.05) is 20.8 Å². The third kappa shape index (κ3) is 2.10. The van der Waals surface area contributed by atoms with E-state index in [0.29, 0.717) is 5.56 Å². The van der Waals surface area contributed by atoms with Gasteiger partial charge in [-0.25, -0.2) is 14.4 Å². The van der Waals surface area contributed by atoms with Crippen LogP contribution in [0.2, 0.25) is 0 Å². The molecule has 6 heteroatoms. The lowest BCUT2D eigenvalue weighted by molar-refractivity contribution is -0.182. The first-order valence-corrected chi connectivity index (χ1v) is 5.56. The summed E-state index contributed by atoms with van der Waals surface area (Å²) in [4.78, 5) is 38.5. The molecule has 0 radical (unpaired) electrons. The highest BCUT2D eigenvalue weighted by molar-refractivity contribution is 6.00. The first-order valence-electron chi connectivity index (χ1n) is 5.56. The molecule has 1 aromatic carbocycles. The van der Waals surface area contributed by atoms with Crippen LogP contribution in [0.15, 0.2) is 26.1 Å². The summed E-state index contributed by atoms with van der Waals surface area (Å²) < 4.78 is 4.60. The number of rotatable bonds is 1. The molecule has 19 heavy (non-hydrogen) atoms. The summed E-state index contributed by atoms with van der Waals surface area (Å²) in [5, 5.41) is 8.43. The molecular weight excluding hydrogens is 252 g/mol. The van der Waals surface area contributed by atoms with E-state index in [-0.39, 0.29) is 16.3 Å². The zero-order chi connectivity index (χ0) is 14.4. The second-order valence-electron chi connectivity index (χ2n) is 5.25. The fourth-order valence-corrected chi connectivity index (χ4v) is 1.97. The fourth-order valence-electron chi connectivity index (χ4n) is 1.97. The molecule has 3 rings (SSSR count). The molecule has 0 fully saturated rings. The highest BCUT2D eigenvalue weighted by atomic mass is 17.1. The van der Waals surface area contributed by atoms with Crippen molar-refractivity contribution in [2.75, 3.05) is 0 Å². The Hall–Kier alpha value is -2.21. The molecule has 0 aliphatic heterocycles. The SMILES string of the molecule is CC(C)(C)c1cc2c(C(=O)OO)cc1c(=O)oc2=O. The van der Waals surface area contributed by atoms with Crippen molar-refractivity contribution in [2.45, 2.75) is 26.2 Å². The zero-order valence-electron chi connectivity index (χ0n) is 10.6. The predicted octanol–water partition coefficient (Wildman–Crippen LogP) is 1.52. The van der Waals surface area contributed by atoms with Crippen LogP contribution in [0, 0.1) is 0 Å². The van der Waals surface area contributed by atoms with Crippen LogP contribution in [-0.4, -0.2) is 11.2 Å². The van der Waals surface area contributed by atoms with Crippen molar-refractivity contribution in [3.05, 3.63) is 44.1 Å². The van der Waals surface area contributed by atoms with Crippen LogP contribution in [0.4, 0.5) is 0 Å². The quantitative estimate of drug-likeness (QED) is 0.620. The van der Waals surface area contributed by atoms with Gasteiger partial charge in [-0.1, -0.05) is 20.8 Å². The van der Waals surface area contributed by atoms with Gasteiger partial charge >= 0.3 is 17.2 Å². The van der Waals surface area contributed by atoms with E-state index < -0.39 is 22.6 Å². The number of hydrogen-bond donors (Lipinski definition) is 1. The molecular formula is C13H12O6. The standard InChI is InChI=1S/C13H12O6/c1-13(2,3)9-5-7-6(12(16)19-17)4-8(9)11(15)18-10(7)14/h4-5,17H,1-3H3. The van der Waals surface area contributed by atoms with Crippen molar-refractivity contribution in [1.29, 1.82) is 0 Å². The molecule has 0 amide bonds. The minimum atomic E-state index is -1.11. The lowest BCUT2D eigenvalue weighted by atomic mass is 9.84. The van der Waals surface area contributed by atoms with E-state index in [0.717, 1.165) is 0 Å². The second kappa shape index (κ2) is 4.17. The van der Waals surface area contributed by atoms with Crippen LogP contribution in [-0.2, 0) is 10.3 Å². The summed E-state index contributed by atoms with van der Waals surface area (Å²) in [6.45, 7) is 5.59. The maximum Gasteiger partial charge on any atom is 0.373 e. The Morgan fingerprint density at radius 3 is 2.26 bits per heavy atom. The van der Waals surface area contributed by atoms with Gasteiger partial charge in [-0.2, -0.15) is 5.26 Å². The van der Waals surface area contributed by atoms with E-state index in [4.69, 9.17) is 5.26 Å². The molecule has 6 nitrogen and oxygen atoms in total. The molecule has 0 atom stereocenters. The Morgan fingerprint density at radius 2 is 1.74 bits per heavy atom. The van der Waals surface area contributed by atoms with E-state index >= 15 is 0 Å². The summed E-state index contributed by atoms with van der Waals surface area (Å²) >= 11 is 0. The molecule has 2 heterocycles. The van der Waals surface area contributed by atoms with Gasteiger partial charge in [0.1, 0.15) is 0 Å². The highest BCUT2D eigenvalue weighted by Gasteiger charge is 2.24. The Kier molecular flexibility index (Phi) is 2.90. The van der Waals surface area contributed by atoms with Gasteiger partial charge in [-0.05, 0) is 23.1 Å². The molecule has 0 unspecified atom stereocenters. The summed E-state index contributed by atoms with van der Waals surface area (Å²) in [5.41, 5.74) is -1.76. The van der Waals surface area contributed by atoms with Crippen molar-refractivity contribution in [3.8, 4) is 0 Å². The Morgan fingerprint density at radius 1 is 1.16 bits per heavy atom. The molecule has 0 saturated carbocycles. The van der Waals surface area contributed by atoms with Gasteiger partial charge in [-0.15, -0.1) is 0 Å². The van der Waals surface area contributed by atoms with E-state index in [1.165, 1.54) is 12.1 Å². The van der Waals surface area contributed by atoms with Gasteiger partial charge in [-0.3, -0.25) is 4.89 Å². The fraction of sp³-hybridized carbons (Fsp3) is 0.308. The molecule has 0 aliphatic carbocycles. The number of carbonyl (C=O) groups is 1. The van der Waals surface area contributed by atoms with Gasteiger partial charge in [0.2, 0.25) is 0 Å². The summed E-state index contributed by atoms with van der Waals surface area (Å²) in [5.74, 6) is -1.11. The first-order chi connectivity index (χ1) is 8.75. The molecule has 0 saturated heterocycles. The van der Waals surface area contributed by atoms with Crippen LogP contribution in [0.5, 0.6) is 0 Å². The monoisotopic (exact) mass is 264 g/mol. The normalized spacial score (nSPS) is 11.8. The van der Waals surface area contributed by atoms with Gasteiger partial charge in [0.05, 0.1) is 16.3 Å². The zero-order valence-corrected chi connectivity index (χ0v) is 10.6. The van der Waals surface area contributed by atoms with Gasteiger partial charge < -0.3 is 4.42 Å². The van der Waals surface area contributed by atoms with Crippen LogP contribution < -0.4 is 11.3 Å². The molecule has 2 aromatic heterocycles. The van der Waals surface area contributed by atoms with Crippen LogP contribution in [0.25, 0.3) is 10.8 Å². The van der Waals surface area contributed by atoms with Crippen LogP contribution >= 0.6 is 0 Å². The third-order valence-electron chi connectivity index (χ3n) is 2.89. The van der Waals surface area contributed by atoms with Crippen molar-refractivity contribution in [3.63, 3.8) is 0 Å². The predicted molar refractivity (Wildman–Crippen MR) is 66.7 cm³/mol. The van der Waals surface area contributed by atoms with E-state index in [2.05, 4.69) is 9.30 Å². The molecule has 1 N–H and O–H groups in total. The Labute approximate surface area is 107 Å². The van der Waals surface area contributed by atoms with Crippen molar-refractivity contribution >= 4 is 16.7 Å². The minimum absolute atomic E-state index is 0.0985. The molecule has 0 aliphatic rings. The number of carbonyl (C=O) groups excluding carboxylic acids is 1. The van der Waals surface area contributed by atoms with E-state index in [1.54, 1.807) is 0 Å². The van der Waals surface area contributed by atoms with Gasteiger partial charge in [0.25, 0.3) is 0 Å². The van der Waals surface area contributed by atoms with Crippen LogP contribution in [0.3, 0.4) is 0 Å². The Bertz CT molecular complexity index is 750. The van der Waals surface area contributed by atoms with Crippen molar-refractivity contribution in [2.24, 2.45) is 0 Å². The third-order valence-corrected chi connectivity index (χ3v) is 2.89. The summed E-state index contributed by atoms with van der Waals surface area (Å²) in [6, 6.07) is 2.64. The minimum Gasteiger partial charge on any atom is -0.386 e. The number of fused-ring (bicyclic) bond motifs is 4. The van der Waals surface area contributed by atoms with E-state index in [9.17, 15) is 14.4 Å². The molecule has 2 bridgehead atoms. The smallest absolute Gasteiger partial charge is 0.373 e. The lowest BCUT2D eigenvalue weighted by Crippen LogP contribution is -2.15. The number of benzene rings is 1. The Balaban J connectivity index is 3.01. The lowest BCUT2D eigenvalue weighted by Gasteiger charge is -2.19. The van der Waals surface area contributed by atoms with Crippen LogP contribution in [0.1, 0.15) is 36.7 Å².